The SMILES string of the molecule is O=C(O)Cn1nnc(-c2cnc(N3CC4CN(c5cc(Br)ccc5Br)C[C@@H]4C3)s2)n1. The van der Waals surface area contributed by atoms with Gasteiger partial charge in [-0.25, -0.2) is 4.98 Å². The summed E-state index contributed by atoms with van der Waals surface area (Å²) < 4.78 is 2.21. The monoisotopic (exact) mass is 553 g/mol. The first-order valence-corrected chi connectivity index (χ1v) is 11.8. The van der Waals surface area contributed by atoms with Crippen LogP contribution in [0.3, 0.4) is 0 Å². The lowest BCUT2D eigenvalue weighted by atomic mass is 10.0. The van der Waals surface area contributed by atoms with E-state index in [1.807, 2.05) is 6.07 Å². The molecule has 5 rings (SSSR count). The van der Waals surface area contributed by atoms with Crippen molar-refractivity contribution in [1.29, 1.82) is 0 Å². The number of hydrogen-bond donors (Lipinski definition) is 1. The molecule has 4 heterocycles. The van der Waals surface area contributed by atoms with Crippen LogP contribution in [0.4, 0.5) is 10.8 Å². The molecule has 0 aliphatic carbocycles. The number of benzene rings is 1. The van der Waals surface area contributed by atoms with Crippen LogP contribution in [-0.4, -0.2) is 62.4 Å². The minimum Gasteiger partial charge on any atom is -0.480 e. The van der Waals surface area contributed by atoms with Crippen LogP contribution in [0.15, 0.2) is 33.3 Å². The fourth-order valence-electron chi connectivity index (χ4n) is 4.12. The summed E-state index contributed by atoms with van der Waals surface area (Å²) in [6, 6.07) is 6.29. The van der Waals surface area contributed by atoms with Crippen molar-refractivity contribution in [2.45, 2.75) is 6.54 Å². The van der Waals surface area contributed by atoms with Crippen molar-refractivity contribution in [2.75, 3.05) is 36.0 Å². The topological polar surface area (TPSA) is 100 Å². The number of carboxylic acids is 1. The van der Waals surface area contributed by atoms with Crippen LogP contribution in [0.2, 0.25) is 0 Å². The highest BCUT2D eigenvalue weighted by Crippen LogP contribution is 2.40. The lowest BCUT2D eigenvalue weighted by molar-refractivity contribution is -0.138. The molecule has 9 nitrogen and oxygen atoms in total. The van der Waals surface area contributed by atoms with Gasteiger partial charge in [0.15, 0.2) is 11.7 Å². The Hall–Kier alpha value is -2.05. The predicted molar refractivity (Wildman–Crippen MR) is 120 cm³/mol. The summed E-state index contributed by atoms with van der Waals surface area (Å²) in [7, 11) is 0. The standard InChI is InChI=1S/C18H17Br2N7O2S/c19-12-1-2-13(20)14(3-12)25-5-10-7-26(8-11(10)6-25)18-21-4-15(30-18)17-22-24-27(23-17)9-16(28)29/h1-4,10-11H,5-9H2,(H,28,29)/t10-,11?/m1/s1. The molecule has 1 N–H and O–H groups in total. The highest BCUT2D eigenvalue weighted by atomic mass is 79.9. The molecule has 0 radical (unpaired) electrons. The number of carboxylic acid groups (broad SMARTS) is 1. The molecule has 1 aromatic carbocycles. The van der Waals surface area contributed by atoms with Crippen molar-refractivity contribution < 1.29 is 9.90 Å². The number of tetrazole rings is 1. The quantitative estimate of drug-likeness (QED) is 0.514. The fourth-order valence-corrected chi connectivity index (χ4v) is 5.82. The van der Waals surface area contributed by atoms with E-state index in [2.05, 4.69) is 74.2 Å². The number of aromatic nitrogens is 5. The second kappa shape index (κ2) is 7.89. The number of carbonyl (C=O) groups is 1. The Labute approximate surface area is 193 Å². The third kappa shape index (κ3) is 3.83. The van der Waals surface area contributed by atoms with E-state index in [-0.39, 0.29) is 6.54 Å². The maximum Gasteiger partial charge on any atom is 0.327 e. The molecule has 2 aliphatic rings. The van der Waals surface area contributed by atoms with E-state index < -0.39 is 5.97 Å². The minimum atomic E-state index is -1.00. The smallest absolute Gasteiger partial charge is 0.327 e. The van der Waals surface area contributed by atoms with Crippen LogP contribution in [-0.2, 0) is 11.3 Å². The number of fused-ring (bicyclic) bond motifs is 1. The Morgan fingerprint density at radius 1 is 1.17 bits per heavy atom. The van der Waals surface area contributed by atoms with Gasteiger partial charge >= 0.3 is 5.97 Å². The van der Waals surface area contributed by atoms with Gasteiger partial charge in [0.25, 0.3) is 0 Å². The second-order valence-corrected chi connectivity index (χ2v) is 10.2. The normalized spacial score (nSPS) is 20.7. The maximum atomic E-state index is 10.8. The molecule has 30 heavy (non-hydrogen) atoms. The molecule has 156 valence electrons. The first kappa shape index (κ1) is 19.9. The average molecular weight is 555 g/mol. The van der Waals surface area contributed by atoms with Gasteiger partial charge in [-0.1, -0.05) is 27.3 Å². The summed E-state index contributed by atoms with van der Waals surface area (Å²) in [5.41, 5.74) is 1.23. The summed E-state index contributed by atoms with van der Waals surface area (Å²) in [6.45, 7) is 3.69. The van der Waals surface area contributed by atoms with Crippen LogP contribution in [0.25, 0.3) is 10.7 Å². The molecule has 1 unspecified atom stereocenters. The van der Waals surface area contributed by atoms with Crippen molar-refractivity contribution >= 4 is 60.0 Å². The zero-order chi connectivity index (χ0) is 20.8. The van der Waals surface area contributed by atoms with Gasteiger partial charge in [-0.15, -0.1) is 10.2 Å². The maximum absolute atomic E-state index is 10.8. The Bertz CT molecular complexity index is 1090. The van der Waals surface area contributed by atoms with Gasteiger partial charge in [-0.05, 0) is 39.3 Å². The van der Waals surface area contributed by atoms with Gasteiger partial charge in [0.05, 0.1) is 16.8 Å². The molecule has 2 aromatic heterocycles. The van der Waals surface area contributed by atoms with Crippen LogP contribution < -0.4 is 9.80 Å². The van der Waals surface area contributed by atoms with Crippen molar-refractivity contribution in [2.24, 2.45) is 11.8 Å². The lowest BCUT2D eigenvalue weighted by Crippen LogP contribution is -2.28. The number of thiazole rings is 1. The van der Waals surface area contributed by atoms with Gasteiger partial charge in [0.2, 0.25) is 5.82 Å². The van der Waals surface area contributed by atoms with E-state index in [1.54, 1.807) is 6.20 Å². The number of hydrogen-bond acceptors (Lipinski definition) is 8. The third-order valence-corrected chi connectivity index (χ3v) is 7.67. The summed E-state index contributed by atoms with van der Waals surface area (Å²) >= 11 is 8.77. The second-order valence-electron chi connectivity index (χ2n) is 7.47. The fraction of sp³-hybridized carbons (Fsp3) is 0.389. The number of rotatable bonds is 5. The van der Waals surface area contributed by atoms with Crippen molar-refractivity contribution in [3.63, 3.8) is 0 Å². The first-order valence-electron chi connectivity index (χ1n) is 9.37. The molecule has 2 saturated heterocycles. The van der Waals surface area contributed by atoms with Crippen LogP contribution >= 0.6 is 43.2 Å². The Balaban J connectivity index is 1.25. The van der Waals surface area contributed by atoms with E-state index >= 15 is 0 Å². The van der Waals surface area contributed by atoms with Crippen molar-refractivity contribution in [3.05, 3.63) is 33.3 Å². The Morgan fingerprint density at radius 3 is 2.63 bits per heavy atom. The lowest BCUT2D eigenvalue weighted by Gasteiger charge is -2.24. The van der Waals surface area contributed by atoms with E-state index in [0.29, 0.717) is 17.7 Å². The zero-order valence-electron chi connectivity index (χ0n) is 15.6. The highest BCUT2D eigenvalue weighted by molar-refractivity contribution is 9.11. The van der Waals surface area contributed by atoms with Gasteiger partial charge < -0.3 is 14.9 Å². The summed E-state index contributed by atoms with van der Waals surface area (Å²) in [5.74, 6) is 0.595. The Morgan fingerprint density at radius 2 is 1.90 bits per heavy atom. The summed E-state index contributed by atoms with van der Waals surface area (Å²) in [5, 5.41) is 21.6. The van der Waals surface area contributed by atoms with Crippen molar-refractivity contribution in [1.82, 2.24) is 25.2 Å². The minimum absolute atomic E-state index is 0.307. The van der Waals surface area contributed by atoms with E-state index in [4.69, 9.17) is 5.11 Å². The molecular formula is C18H17Br2N7O2S. The van der Waals surface area contributed by atoms with Gasteiger partial charge in [-0.2, -0.15) is 4.80 Å². The zero-order valence-corrected chi connectivity index (χ0v) is 19.6. The largest absolute Gasteiger partial charge is 0.480 e. The van der Waals surface area contributed by atoms with Gasteiger partial charge in [0, 0.05) is 47.0 Å². The van der Waals surface area contributed by atoms with Crippen molar-refractivity contribution in [3.8, 4) is 10.7 Å². The average Bonchev–Trinajstić information content (AvgIpc) is 3.44. The molecular weight excluding hydrogens is 538 g/mol. The Kier molecular flexibility index (Phi) is 5.23. The summed E-state index contributed by atoms with van der Waals surface area (Å²) in [4.78, 5) is 22.0. The number of anilines is 2. The molecule has 0 saturated carbocycles. The molecule has 0 amide bonds. The van der Waals surface area contributed by atoms with E-state index in [0.717, 1.165) is 49.9 Å². The van der Waals surface area contributed by atoms with E-state index in [9.17, 15) is 4.79 Å². The summed E-state index contributed by atoms with van der Waals surface area (Å²) in [6.07, 6.45) is 1.74. The molecule has 2 aliphatic heterocycles. The van der Waals surface area contributed by atoms with Crippen LogP contribution in [0, 0.1) is 11.8 Å². The molecule has 2 atom stereocenters. The highest BCUT2D eigenvalue weighted by Gasteiger charge is 2.41. The molecule has 2 fully saturated rings. The van der Waals surface area contributed by atoms with Gasteiger partial charge in [-0.3, -0.25) is 4.79 Å². The third-order valence-electron chi connectivity index (χ3n) is 5.45. The molecule has 0 bridgehead atoms. The molecule has 3 aromatic rings. The van der Waals surface area contributed by atoms with E-state index in [1.165, 1.54) is 17.0 Å². The first-order chi connectivity index (χ1) is 14.5. The molecule has 0 spiro atoms. The van der Waals surface area contributed by atoms with Crippen LogP contribution in [0.1, 0.15) is 0 Å². The molecule has 12 heteroatoms. The number of aliphatic carboxylic acids is 1. The predicted octanol–water partition coefficient (Wildman–Crippen LogP) is 2.98. The van der Waals surface area contributed by atoms with Gasteiger partial charge in [0.1, 0.15) is 0 Å². The number of halogens is 2. The van der Waals surface area contributed by atoms with Crippen LogP contribution in [0.5, 0.6) is 0 Å². The number of nitrogens with zero attached hydrogens (tertiary/aromatic N) is 7.